The van der Waals surface area contributed by atoms with E-state index >= 15 is 0 Å². The molecule has 40 heavy (non-hydrogen) atoms. The van der Waals surface area contributed by atoms with Crippen molar-refractivity contribution in [1.29, 1.82) is 0 Å². The van der Waals surface area contributed by atoms with Gasteiger partial charge in [0.05, 0.1) is 0 Å². The Kier molecular flexibility index (Phi) is 10.4. The number of fused-ring (bicyclic) bond motifs is 3. The average molecular weight is 659 g/mol. The van der Waals surface area contributed by atoms with E-state index in [1.54, 1.807) is 32.0 Å². The zero-order chi connectivity index (χ0) is 28.6. The van der Waals surface area contributed by atoms with Crippen LogP contribution in [0.2, 0.25) is 0 Å². The van der Waals surface area contributed by atoms with Crippen LogP contribution >= 0.6 is 0 Å². The van der Waals surface area contributed by atoms with Crippen LogP contribution < -0.4 is 28.1 Å². The number of benzene rings is 2. The van der Waals surface area contributed by atoms with Gasteiger partial charge in [-0.1, -0.05) is 0 Å². The fourth-order valence-electron chi connectivity index (χ4n) is 6.63. The molecule has 2 aliphatic rings. The molecule has 2 aliphatic carbocycles. The Morgan fingerprint density at radius 1 is 0.650 bits per heavy atom. The molecule has 0 atom stereocenters. The molecule has 0 radical (unpaired) electrons. The fourth-order valence-corrected chi connectivity index (χ4v) is 14.8. The van der Waals surface area contributed by atoms with Crippen molar-refractivity contribution in [2.24, 2.45) is 0 Å². The maximum Gasteiger partial charge on any atom is -1.00 e. The van der Waals surface area contributed by atoms with Gasteiger partial charge in [-0.25, -0.2) is 0 Å². The Balaban J connectivity index is 0.00000280. The van der Waals surface area contributed by atoms with Gasteiger partial charge in [-0.2, -0.15) is 0 Å². The number of rotatable bonds is 2. The molecule has 4 rings (SSSR count). The van der Waals surface area contributed by atoms with Crippen molar-refractivity contribution in [3.8, 4) is 11.1 Å². The summed E-state index contributed by atoms with van der Waals surface area (Å²) in [4.78, 5) is 0. The van der Waals surface area contributed by atoms with Crippen LogP contribution in [0.5, 0.6) is 0 Å². The Morgan fingerprint density at radius 3 is 1.57 bits per heavy atom. The molecule has 0 amide bonds. The minimum atomic E-state index is -2.29. The maximum atomic E-state index is 2.63. The molecule has 0 fully saturated rings. The average Bonchev–Trinajstić information content (AvgIpc) is 3.37. The zero-order valence-corrected chi connectivity index (χ0v) is 31.6. The van der Waals surface area contributed by atoms with Crippen molar-refractivity contribution in [2.75, 3.05) is 0 Å². The summed E-state index contributed by atoms with van der Waals surface area (Å²) in [5.41, 5.74) is 12.9. The largest absolute Gasteiger partial charge is 1.00 e. The smallest absolute Gasteiger partial charge is 1.00 e. The molecular formula is C37H52Cl2Zr. The van der Waals surface area contributed by atoms with E-state index in [2.05, 4.69) is 133 Å². The standard InChI is InChI=1S/C29H41.C5H5.C3H6.2ClH.Zr/c1-26(2,3)22-14-18-13-19-15-23(27(4,5)6)25(29(10,11)12)17-21(19)20(18)16-24(22)28(7,8)9;1-2-4-5-3-1;1-3-2;;;/h14,16-17H,13H2,1-12H3;1-3H,4H2;1-2H3;2*1H;/q;;;;;+2/p-2. The summed E-state index contributed by atoms with van der Waals surface area (Å²) in [7, 11) is 0. The second-order valence-corrected chi connectivity index (χ2v) is 23.2. The van der Waals surface area contributed by atoms with Gasteiger partial charge >= 0.3 is 243 Å². The molecule has 0 spiro atoms. The molecule has 0 aromatic heterocycles. The van der Waals surface area contributed by atoms with E-state index in [9.17, 15) is 0 Å². The zero-order valence-electron chi connectivity index (χ0n) is 27.6. The van der Waals surface area contributed by atoms with E-state index in [4.69, 9.17) is 0 Å². The first-order valence-corrected chi connectivity index (χ1v) is 18.3. The van der Waals surface area contributed by atoms with E-state index < -0.39 is 21.3 Å². The summed E-state index contributed by atoms with van der Waals surface area (Å²) in [6.45, 7) is 33.8. The minimum absolute atomic E-state index is 0. The van der Waals surface area contributed by atoms with Crippen LogP contribution in [-0.4, -0.2) is 3.21 Å². The first-order valence-electron chi connectivity index (χ1n) is 14.7. The van der Waals surface area contributed by atoms with Crippen molar-refractivity contribution >= 4 is 6.48 Å². The van der Waals surface area contributed by atoms with Crippen molar-refractivity contribution in [3.63, 3.8) is 0 Å². The Hall–Kier alpha value is -0.747. The number of halogens is 2. The molecule has 0 bridgehead atoms. The maximum absolute atomic E-state index is 2.63. The molecule has 0 heterocycles. The molecule has 0 nitrogen and oxygen atoms in total. The van der Waals surface area contributed by atoms with Crippen LogP contribution in [0.15, 0.2) is 39.7 Å². The molecule has 0 aliphatic heterocycles. The minimum Gasteiger partial charge on any atom is -1.00 e. The molecule has 3 heteroatoms. The monoisotopic (exact) mass is 656 g/mol. The van der Waals surface area contributed by atoms with Gasteiger partial charge in [0.2, 0.25) is 0 Å². The number of allylic oxidation sites excluding steroid dienone is 4. The molecule has 2 aromatic carbocycles. The van der Waals surface area contributed by atoms with Gasteiger partial charge in [0.25, 0.3) is 0 Å². The van der Waals surface area contributed by atoms with E-state index in [1.165, 1.54) is 22.3 Å². The summed E-state index contributed by atoms with van der Waals surface area (Å²) in [6.07, 6.45) is 9.39. The first kappa shape index (κ1) is 35.4. The molecule has 0 unspecified atom stereocenters. The summed E-state index contributed by atoms with van der Waals surface area (Å²) in [5.74, 6) is 0. The van der Waals surface area contributed by atoms with E-state index in [0.717, 1.165) is 12.8 Å². The summed E-state index contributed by atoms with van der Waals surface area (Å²) < 4.78 is 5.23. The third-order valence-electron chi connectivity index (χ3n) is 8.35. The number of hydrogen-bond donors (Lipinski definition) is 0. The van der Waals surface area contributed by atoms with Gasteiger partial charge in [0.1, 0.15) is 0 Å². The van der Waals surface area contributed by atoms with E-state index in [0.29, 0.717) is 0 Å². The van der Waals surface area contributed by atoms with Crippen LogP contribution in [0.1, 0.15) is 137 Å². The van der Waals surface area contributed by atoms with Gasteiger partial charge < -0.3 is 24.8 Å². The van der Waals surface area contributed by atoms with Crippen LogP contribution in [0, 0.1) is 0 Å². The van der Waals surface area contributed by atoms with Crippen molar-refractivity contribution < 1.29 is 46.1 Å². The SMILES string of the molecule is C[C](C)=[Zr+2]([C]1=CC=CC1)[c]1c2c(cc(C(C)(C)C)c1C(C)(C)C)-c1cc(C(C)(C)C)c(C(C)(C)C)cc1C2.[Cl-].[Cl-]. The predicted octanol–water partition coefficient (Wildman–Crippen LogP) is 3.76. The second-order valence-electron chi connectivity index (χ2n) is 16.1. The van der Waals surface area contributed by atoms with Crippen LogP contribution in [-0.2, 0) is 49.3 Å². The molecule has 218 valence electrons. The third-order valence-corrected chi connectivity index (χ3v) is 15.9. The van der Waals surface area contributed by atoms with Gasteiger partial charge in [-0.15, -0.1) is 0 Å². The predicted molar refractivity (Wildman–Crippen MR) is 167 cm³/mol. The van der Waals surface area contributed by atoms with Crippen LogP contribution in [0.3, 0.4) is 0 Å². The fraction of sp³-hybridized carbons (Fsp3) is 0.541. The Bertz CT molecular complexity index is 1380. The van der Waals surface area contributed by atoms with Gasteiger partial charge in [-0.05, 0) is 0 Å². The van der Waals surface area contributed by atoms with E-state index in [1.807, 2.05) is 0 Å². The quantitative estimate of drug-likeness (QED) is 0.394. The van der Waals surface area contributed by atoms with Gasteiger partial charge in [0.15, 0.2) is 0 Å². The normalized spacial score (nSPS) is 14.5. The van der Waals surface area contributed by atoms with E-state index in [-0.39, 0.29) is 46.5 Å². The van der Waals surface area contributed by atoms with Crippen LogP contribution in [0.4, 0.5) is 0 Å². The summed E-state index contributed by atoms with van der Waals surface area (Å²) in [5, 5.41) is 0. The van der Waals surface area contributed by atoms with Gasteiger partial charge in [0, 0.05) is 0 Å². The van der Waals surface area contributed by atoms with Crippen LogP contribution in [0.25, 0.3) is 11.1 Å². The van der Waals surface area contributed by atoms with Crippen molar-refractivity contribution in [3.05, 3.63) is 73.1 Å². The van der Waals surface area contributed by atoms with Crippen molar-refractivity contribution in [2.45, 2.75) is 131 Å². The van der Waals surface area contributed by atoms with Gasteiger partial charge in [-0.3, -0.25) is 0 Å². The molecule has 2 aromatic rings. The third kappa shape index (κ3) is 6.58. The Morgan fingerprint density at radius 2 is 1.15 bits per heavy atom. The second kappa shape index (κ2) is 11.7. The first-order chi connectivity index (χ1) is 17.2. The Labute approximate surface area is 266 Å². The summed E-state index contributed by atoms with van der Waals surface area (Å²) >= 11 is -2.29. The topological polar surface area (TPSA) is 0 Å². The molecule has 0 saturated carbocycles. The molecule has 0 N–H and O–H groups in total. The summed E-state index contributed by atoms with van der Waals surface area (Å²) in [6, 6.07) is 7.81. The van der Waals surface area contributed by atoms with Crippen molar-refractivity contribution in [1.82, 2.24) is 0 Å². The molecule has 0 saturated heterocycles. The number of hydrogen-bond acceptors (Lipinski definition) is 0. The molecular weight excluding hydrogens is 607 g/mol.